The number of methoxy groups -OCH3 is 2. The molecule has 0 bridgehead atoms. The minimum absolute atomic E-state index is 0.371. The molecular formula is C23H21BrN4O3. The number of nitrogens with one attached hydrogen (secondary N) is 2. The smallest absolute Gasteiger partial charge is 0.323 e. The molecule has 158 valence electrons. The number of benzene rings is 2. The Bertz CT molecular complexity index is 1220. The van der Waals surface area contributed by atoms with Crippen LogP contribution in [-0.2, 0) is 6.54 Å². The molecule has 4 rings (SSSR count). The van der Waals surface area contributed by atoms with Crippen LogP contribution in [0.1, 0.15) is 5.56 Å². The molecular weight excluding hydrogens is 460 g/mol. The molecule has 0 fully saturated rings. The summed E-state index contributed by atoms with van der Waals surface area (Å²) in [5.74, 6) is 1.30. The van der Waals surface area contributed by atoms with E-state index in [1.807, 2.05) is 42.6 Å². The van der Waals surface area contributed by atoms with E-state index in [0.717, 1.165) is 26.7 Å². The fraction of sp³-hybridized carbons (Fsp3) is 0.130. The number of amides is 2. The van der Waals surface area contributed by atoms with E-state index in [-0.39, 0.29) is 6.03 Å². The van der Waals surface area contributed by atoms with Crippen molar-refractivity contribution in [2.24, 2.45) is 0 Å². The zero-order valence-corrected chi connectivity index (χ0v) is 18.6. The Morgan fingerprint density at radius 2 is 1.68 bits per heavy atom. The van der Waals surface area contributed by atoms with Crippen molar-refractivity contribution in [1.29, 1.82) is 0 Å². The maximum absolute atomic E-state index is 12.7. The molecule has 7 nitrogen and oxygen atoms in total. The molecule has 31 heavy (non-hydrogen) atoms. The first-order valence-corrected chi connectivity index (χ1v) is 10.3. The van der Waals surface area contributed by atoms with Gasteiger partial charge in [0, 0.05) is 35.0 Å². The number of hydrogen-bond donors (Lipinski definition) is 2. The lowest BCUT2D eigenvalue weighted by Crippen LogP contribution is -2.20. The molecule has 0 saturated carbocycles. The van der Waals surface area contributed by atoms with Crippen LogP contribution in [0, 0.1) is 0 Å². The lowest BCUT2D eigenvalue weighted by atomic mass is 10.2. The first kappa shape index (κ1) is 20.7. The van der Waals surface area contributed by atoms with Crippen LogP contribution in [0.2, 0.25) is 0 Å². The van der Waals surface area contributed by atoms with Gasteiger partial charge in [-0.3, -0.25) is 4.98 Å². The number of pyridine rings is 1. The van der Waals surface area contributed by atoms with Crippen molar-refractivity contribution in [3.05, 3.63) is 77.2 Å². The number of carbonyl (C=O) groups is 1. The average molecular weight is 481 g/mol. The van der Waals surface area contributed by atoms with Crippen molar-refractivity contribution < 1.29 is 14.3 Å². The van der Waals surface area contributed by atoms with Crippen LogP contribution in [0.4, 0.5) is 16.2 Å². The highest BCUT2D eigenvalue weighted by Crippen LogP contribution is 2.34. The van der Waals surface area contributed by atoms with Crippen LogP contribution < -0.4 is 20.1 Å². The summed E-state index contributed by atoms with van der Waals surface area (Å²) in [6, 6.07) is 14.6. The number of rotatable bonds is 6. The maximum Gasteiger partial charge on any atom is 0.323 e. The Hall–Kier alpha value is -3.52. The second-order valence-corrected chi connectivity index (χ2v) is 7.72. The fourth-order valence-corrected chi connectivity index (χ4v) is 3.80. The van der Waals surface area contributed by atoms with E-state index < -0.39 is 0 Å². The minimum Gasteiger partial charge on any atom is -0.495 e. The molecule has 4 aromatic rings. The first-order chi connectivity index (χ1) is 15.1. The van der Waals surface area contributed by atoms with E-state index in [1.165, 1.54) is 0 Å². The third kappa shape index (κ3) is 4.49. The molecule has 0 saturated heterocycles. The van der Waals surface area contributed by atoms with Crippen molar-refractivity contribution in [2.45, 2.75) is 6.54 Å². The molecule has 2 amide bonds. The zero-order valence-electron chi connectivity index (χ0n) is 17.1. The highest BCUT2D eigenvalue weighted by molar-refractivity contribution is 9.10. The van der Waals surface area contributed by atoms with Gasteiger partial charge in [0.15, 0.2) is 0 Å². The van der Waals surface area contributed by atoms with E-state index in [2.05, 4.69) is 36.1 Å². The predicted molar refractivity (Wildman–Crippen MR) is 125 cm³/mol. The summed E-state index contributed by atoms with van der Waals surface area (Å²) < 4.78 is 13.8. The monoisotopic (exact) mass is 480 g/mol. The third-order valence-electron chi connectivity index (χ3n) is 4.87. The number of anilines is 2. The van der Waals surface area contributed by atoms with Crippen molar-refractivity contribution in [3.8, 4) is 11.5 Å². The fourth-order valence-electron chi connectivity index (χ4n) is 3.44. The number of urea groups is 1. The van der Waals surface area contributed by atoms with E-state index >= 15 is 0 Å². The highest BCUT2D eigenvalue weighted by Gasteiger charge is 2.15. The number of aromatic nitrogens is 2. The van der Waals surface area contributed by atoms with Crippen LogP contribution in [0.5, 0.6) is 11.5 Å². The number of nitrogens with zero attached hydrogens (tertiary/aromatic N) is 2. The van der Waals surface area contributed by atoms with E-state index in [1.54, 1.807) is 38.7 Å². The number of ether oxygens (including phenoxy) is 2. The molecule has 0 aliphatic rings. The van der Waals surface area contributed by atoms with E-state index in [0.29, 0.717) is 23.7 Å². The standard InChI is InChI=1S/C23H21BrN4O3/c1-30-20-5-3-16(24)13-19(20)27-23(29)26-18-4-6-21(31-2)22-17(18)9-12-28(22)14-15-7-10-25-11-8-15/h3-13H,14H2,1-2H3,(H2,26,27,29). The summed E-state index contributed by atoms with van der Waals surface area (Å²) in [4.78, 5) is 16.8. The third-order valence-corrected chi connectivity index (χ3v) is 5.36. The summed E-state index contributed by atoms with van der Waals surface area (Å²) in [7, 11) is 3.20. The maximum atomic E-state index is 12.7. The van der Waals surface area contributed by atoms with Gasteiger partial charge in [0.1, 0.15) is 11.5 Å². The quantitative estimate of drug-likeness (QED) is 0.381. The zero-order chi connectivity index (χ0) is 21.8. The Morgan fingerprint density at radius 3 is 2.42 bits per heavy atom. The van der Waals surface area contributed by atoms with Gasteiger partial charge in [-0.05, 0) is 54.1 Å². The Kier molecular flexibility index (Phi) is 6.08. The predicted octanol–water partition coefficient (Wildman–Crippen LogP) is 5.51. The van der Waals surface area contributed by atoms with Gasteiger partial charge in [0.2, 0.25) is 0 Å². The summed E-state index contributed by atoms with van der Waals surface area (Å²) in [5, 5.41) is 6.65. The molecule has 2 aromatic carbocycles. The topological polar surface area (TPSA) is 77.4 Å². The number of halogens is 1. The molecule has 2 heterocycles. The number of fused-ring (bicyclic) bond motifs is 1. The van der Waals surface area contributed by atoms with Gasteiger partial charge in [0.25, 0.3) is 0 Å². The second kappa shape index (κ2) is 9.09. The Morgan fingerprint density at radius 1 is 0.968 bits per heavy atom. The highest BCUT2D eigenvalue weighted by atomic mass is 79.9. The van der Waals surface area contributed by atoms with Crippen LogP contribution in [-0.4, -0.2) is 29.8 Å². The molecule has 0 radical (unpaired) electrons. The molecule has 0 atom stereocenters. The van der Waals surface area contributed by atoms with E-state index in [9.17, 15) is 4.79 Å². The Balaban J connectivity index is 1.63. The first-order valence-electron chi connectivity index (χ1n) is 9.55. The largest absolute Gasteiger partial charge is 0.495 e. The second-order valence-electron chi connectivity index (χ2n) is 6.80. The van der Waals surface area contributed by atoms with Gasteiger partial charge in [-0.25, -0.2) is 4.79 Å². The molecule has 0 aliphatic heterocycles. The summed E-state index contributed by atoms with van der Waals surface area (Å²) in [6.07, 6.45) is 5.52. The van der Waals surface area contributed by atoms with Crippen LogP contribution >= 0.6 is 15.9 Å². The van der Waals surface area contributed by atoms with Gasteiger partial charge in [0.05, 0.1) is 31.1 Å². The lowest BCUT2D eigenvalue weighted by Gasteiger charge is -2.14. The number of hydrogen-bond acceptors (Lipinski definition) is 4. The van der Waals surface area contributed by atoms with Crippen LogP contribution in [0.3, 0.4) is 0 Å². The van der Waals surface area contributed by atoms with Gasteiger partial charge in [-0.1, -0.05) is 15.9 Å². The molecule has 2 N–H and O–H groups in total. The van der Waals surface area contributed by atoms with Gasteiger partial charge in [-0.15, -0.1) is 0 Å². The summed E-state index contributed by atoms with van der Waals surface area (Å²) in [5.41, 5.74) is 3.26. The average Bonchev–Trinajstić information content (AvgIpc) is 3.19. The number of carbonyl (C=O) groups excluding carboxylic acids is 1. The molecule has 0 aliphatic carbocycles. The minimum atomic E-state index is -0.371. The van der Waals surface area contributed by atoms with Gasteiger partial charge >= 0.3 is 6.03 Å². The van der Waals surface area contributed by atoms with Crippen LogP contribution in [0.25, 0.3) is 10.9 Å². The van der Waals surface area contributed by atoms with E-state index in [4.69, 9.17) is 9.47 Å². The normalized spacial score (nSPS) is 10.7. The lowest BCUT2D eigenvalue weighted by molar-refractivity contribution is 0.262. The van der Waals surface area contributed by atoms with Crippen LogP contribution in [0.15, 0.2) is 71.6 Å². The Labute approximate surface area is 188 Å². The van der Waals surface area contributed by atoms with Crippen molar-refractivity contribution in [3.63, 3.8) is 0 Å². The van der Waals surface area contributed by atoms with Gasteiger partial charge < -0.3 is 24.7 Å². The molecule has 0 spiro atoms. The van der Waals surface area contributed by atoms with Crippen molar-refractivity contribution in [2.75, 3.05) is 24.9 Å². The summed E-state index contributed by atoms with van der Waals surface area (Å²) >= 11 is 3.41. The molecule has 2 aromatic heterocycles. The van der Waals surface area contributed by atoms with Gasteiger partial charge in [-0.2, -0.15) is 0 Å². The van der Waals surface area contributed by atoms with Crippen molar-refractivity contribution in [1.82, 2.24) is 9.55 Å². The SMILES string of the molecule is COc1ccc(Br)cc1NC(=O)Nc1ccc(OC)c2c1ccn2Cc1ccncc1. The van der Waals surface area contributed by atoms with Crippen molar-refractivity contribution >= 4 is 44.2 Å². The molecule has 0 unspecified atom stereocenters. The summed E-state index contributed by atoms with van der Waals surface area (Å²) in [6.45, 7) is 0.660. The molecule has 8 heteroatoms.